The molecule has 2 aliphatic heterocycles. The first kappa shape index (κ1) is 51.8. The number of methoxy groups -OCH3 is 1. The number of carbonyl (C=O) groups is 7. The second kappa shape index (κ2) is 19.1. The molecule has 26 heteroatoms. The first-order chi connectivity index (χ1) is 34.4. The quantitative estimate of drug-likeness (QED) is 0.0345. The predicted molar refractivity (Wildman–Crippen MR) is 221 cm³/mol. The minimum atomic E-state index is -3.00. The van der Waals surface area contributed by atoms with Crippen molar-refractivity contribution in [3.05, 3.63) is 120 Å². The predicted octanol–water partition coefficient (Wildman–Crippen LogP) is 5.38. The van der Waals surface area contributed by atoms with Gasteiger partial charge in [0, 0.05) is 36.0 Å². The summed E-state index contributed by atoms with van der Waals surface area (Å²) in [5.41, 5.74) is -14.2. The molecular formula is C47H35F8NO17. The second-order valence-corrected chi connectivity index (χ2v) is 17.2. The molecule has 2 heterocycles. The number of esters is 2. The topological polar surface area (TPSA) is 270 Å². The number of likely N-dealkylation sites (tertiary alicyclic amines) is 1. The SMILES string of the molecule is COc1cccc2c1C(=O)c1c(O)c3c(c(O)c1C2=O)C[C@@](O)(C(=O)COC(=O)c1c(F)c(F)c(F)c(F)c1C(=O)O)C[C@@H]3O[C@H]1C[C@H](N2CCCC2)[C@H](OC(=O)c2c(F)c(F)c(F)c(F)c2C(=O)O)[C@H](C)O1. The Labute approximate surface area is 403 Å². The summed E-state index contributed by atoms with van der Waals surface area (Å²) in [4.78, 5) is 94.1. The molecule has 73 heavy (non-hydrogen) atoms. The van der Waals surface area contributed by atoms with Gasteiger partial charge in [0.05, 0.1) is 42.0 Å². The van der Waals surface area contributed by atoms with E-state index in [0.717, 1.165) is 0 Å². The van der Waals surface area contributed by atoms with E-state index in [1.54, 1.807) is 4.90 Å². The van der Waals surface area contributed by atoms with Gasteiger partial charge in [-0.15, -0.1) is 0 Å². The number of rotatable bonds is 12. The number of halogens is 8. The Kier molecular flexibility index (Phi) is 13.6. The van der Waals surface area contributed by atoms with E-state index in [2.05, 4.69) is 4.74 Å². The molecule has 4 aliphatic rings. The van der Waals surface area contributed by atoms with Crippen LogP contribution >= 0.6 is 0 Å². The van der Waals surface area contributed by atoms with E-state index in [1.807, 2.05) is 0 Å². The van der Waals surface area contributed by atoms with Crippen LogP contribution in [0.3, 0.4) is 0 Å². The number of phenolic OH excluding ortho intramolecular Hbond substituents is 2. The lowest BCUT2D eigenvalue weighted by molar-refractivity contribution is -0.257. The number of carboxylic acids is 2. The molecule has 2 fully saturated rings. The fourth-order valence-corrected chi connectivity index (χ4v) is 9.71. The number of fused-ring (bicyclic) bond motifs is 3. The van der Waals surface area contributed by atoms with E-state index in [0.29, 0.717) is 12.8 Å². The molecule has 386 valence electrons. The van der Waals surface area contributed by atoms with Gasteiger partial charge in [-0.1, -0.05) is 12.1 Å². The van der Waals surface area contributed by atoms with Crippen LogP contribution in [0.1, 0.15) is 123 Å². The Morgan fingerprint density at radius 3 is 1.82 bits per heavy atom. The van der Waals surface area contributed by atoms with Crippen molar-refractivity contribution in [2.24, 2.45) is 0 Å². The van der Waals surface area contributed by atoms with Crippen molar-refractivity contribution in [3.8, 4) is 17.2 Å². The van der Waals surface area contributed by atoms with Gasteiger partial charge in [0.1, 0.15) is 51.2 Å². The van der Waals surface area contributed by atoms with Gasteiger partial charge in [-0.05, 0) is 38.9 Å². The number of ether oxygens (including phenoxy) is 5. The monoisotopic (exact) mass is 1040 g/mol. The summed E-state index contributed by atoms with van der Waals surface area (Å²) in [7, 11) is 1.17. The summed E-state index contributed by atoms with van der Waals surface area (Å²) in [5.74, 6) is -35.2. The van der Waals surface area contributed by atoms with Gasteiger partial charge < -0.3 is 49.2 Å². The van der Waals surface area contributed by atoms with Gasteiger partial charge in [0.2, 0.25) is 11.6 Å². The number of aromatic hydroxyl groups is 2. The van der Waals surface area contributed by atoms with Crippen molar-refractivity contribution < 1.29 is 118 Å². The fraction of sp³-hybridized carbons (Fsp3) is 0.340. The lowest BCUT2D eigenvalue weighted by Gasteiger charge is -2.45. The standard InChI is InChI=1S/C47H35F8NO17/c1-14-42(73-46(67)27-25(44(64)65)31(49)35(53)37(55)33(27)51)17(56-8-3-4-9-56)10-21(71-14)72-19-12-47(68,20(57)13-70-45(66)26-24(43(62)63)30(48)34(52)36(54)32(26)50)11-16-23(19)41(61)29-28(39(16)59)38(58)15-6-5-7-18(69-2)22(15)40(29)60/h5-7,14,17,19,21,42,59,61,68H,3-4,8-13H2,1-2H3,(H,62,63)(H,64,65)/t14-,17-,19-,21-,42+,47-/m0/s1. The number of nitrogens with zero attached hydrogens (tertiary/aromatic N) is 1. The highest BCUT2D eigenvalue weighted by Crippen LogP contribution is 2.53. The van der Waals surface area contributed by atoms with Crippen molar-refractivity contribution in [1.82, 2.24) is 4.90 Å². The summed E-state index contributed by atoms with van der Waals surface area (Å²) >= 11 is 0. The number of aromatic carboxylic acids is 2. The summed E-state index contributed by atoms with van der Waals surface area (Å²) in [6.45, 7) is 0.0870. The van der Waals surface area contributed by atoms with Crippen LogP contribution in [0.2, 0.25) is 0 Å². The van der Waals surface area contributed by atoms with Crippen LogP contribution in [0.5, 0.6) is 17.2 Å². The summed E-state index contributed by atoms with van der Waals surface area (Å²) in [5, 5.41) is 55.1. The van der Waals surface area contributed by atoms with Crippen LogP contribution in [-0.4, -0.2) is 129 Å². The van der Waals surface area contributed by atoms with Crippen molar-refractivity contribution >= 4 is 41.2 Å². The fourth-order valence-electron chi connectivity index (χ4n) is 9.71. The van der Waals surface area contributed by atoms with Crippen molar-refractivity contribution in [1.29, 1.82) is 0 Å². The normalized spacial score (nSPS) is 22.5. The third-order valence-corrected chi connectivity index (χ3v) is 13.1. The lowest BCUT2D eigenvalue weighted by atomic mass is 9.72. The minimum absolute atomic E-state index is 0.133. The molecule has 0 spiro atoms. The Morgan fingerprint density at radius 2 is 1.27 bits per heavy atom. The van der Waals surface area contributed by atoms with Crippen molar-refractivity contribution in [2.75, 3.05) is 26.8 Å². The van der Waals surface area contributed by atoms with Crippen LogP contribution in [0.4, 0.5) is 35.1 Å². The summed E-state index contributed by atoms with van der Waals surface area (Å²) < 4.78 is 144. The number of carboxylic acid groups (broad SMARTS) is 2. The molecule has 0 saturated carbocycles. The van der Waals surface area contributed by atoms with Gasteiger partial charge in [-0.25, -0.2) is 54.3 Å². The maximum Gasteiger partial charge on any atom is 0.342 e. The highest BCUT2D eigenvalue weighted by Gasteiger charge is 2.52. The number of hydrogen-bond donors (Lipinski definition) is 5. The molecule has 4 aromatic rings. The molecule has 2 saturated heterocycles. The molecule has 4 aromatic carbocycles. The summed E-state index contributed by atoms with van der Waals surface area (Å²) in [6, 6.07) is 2.73. The zero-order valence-corrected chi connectivity index (χ0v) is 37.4. The van der Waals surface area contributed by atoms with Crippen LogP contribution in [0.15, 0.2) is 18.2 Å². The highest BCUT2D eigenvalue weighted by atomic mass is 19.2. The van der Waals surface area contributed by atoms with E-state index in [9.17, 15) is 89.8 Å². The molecule has 0 amide bonds. The van der Waals surface area contributed by atoms with Gasteiger partial charge in [-0.3, -0.25) is 19.3 Å². The Bertz CT molecular complexity index is 3120. The molecule has 18 nitrogen and oxygen atoms in total. The van der Waals surface area contributed by atoms with Crippen molar-refractivity contribution in [2.45, 2.75) is 75.3 Å². The van der Waals surface area contributed by atoms with E-state index < -0.39 is 206 Å². The molecule has 0 unspecified atom stereocenters. The smallest absolute Gasteiger partial charge is 0.342 e. The average molecular weight is 1040 g/mol. The van der Waals surface area contributed by atoms with Gasteiger partial charge in [0.25, 0.3) is 0 Å². The molecule has 5 N–H and O–H groups in total. The van der Waals surface area contributed by atoms with Crippen LogP contribution in [0, 0.1) is 46.5 Å². The zero-order valence-electron chi connectivity index (χ0n) is 37.4. The maximum atomic E-state index is 15.1. The van der Waals surface area contributed by atoms with E-state index in [1.165, 1.54) is 32.2 Å². The highest BCUT2D eigenvalue weighted by molar-refractivity contribution is 6.31. The number of ketones is 3. The Morgan fingerprint density at radius 1 is 0.740 bits per heavy atom. The summed E-state index contributed by atoms with van der Waals surface area (Å²) in [6.07, 6.45) is -8.19. The lowest BCUT2D eigenvalue weighted by Crippen LogP contribution is -2.57. The second-order valence-electron chi connectivity index (χ2n) is 17.2. The molecule has 2 aliphatic carbocycles. The van der Waals surface area contributed by atoms with Gasteiger partial charge in [-0.2, -0.15) is 0 Å². The average Bonchev–Trinajstić information content (AvgIpc) is 3.89. The first-order valence-corrected chi connectivity index (χ1v) is 21.6. The van der Waals surface area contributed by atoms with Crippen LogP contribution in [0.25, 0.3) is 0 Å². The zero-order chi connectivity index (χ0) is 53.4. The third-order valence-electron chi connectivity index (χ3n) is 13.1. The minimum Gasteiger partial charge on any atom is -0.507 e. The number of benzene rings is 4. The Hall–Kier alpha value is -7.55. The largest absolute Gasteiger partial charge is 0.507 e. The molecule has 0 aromatic heterocycles. The van der Waals surface area contributed by atoms with Gasteiger partial charge in [0.15, 0.2) is 65.2 Å². The van der Waals surface area contributed by atoms with E-state index >= 15 is 4.39 Å². The molecular weight excluding hydrogens is 1000 g/mol. The van der Waals surface area contributed by atoms with Crippen molar-refractivity contribution in [3.63, 3.8) is 0 Å². The molecule has 6 atom stereocenters. The molecule has 0 radical (unpaired) electrons. The van der Waals surface area contributed by atoms with E-state index in [4.69, 9.17) is 18.9 Å². The first-order valence-electron chi connectivity index (χ1n) is 21.6. The third kappa shape index (κ3) is 8.45. The maximum absolute atomic E-state index is 15.1. The van der Waals surface area contributed by atoms with Crippen LogP contribution in [-0.2, 0) is 30.2 Å². The number of Topliss-reactive ketones (excluding diaryl/α,β-unsaturated/α-hetero) is 1. The Balaban J connectivity index is 1.17. The van der Waals surface area contributed by atoms with E-state index in [-0.39, 0.29) is 30.0 Å². The van der Waals surface area contributed by atoms with Gasteiger partial charge >= 0.3 is 23.9 Å². The molecule has 8 rings (SSSR count). The number of carbonyl (C=O) groups excluding carboxylic acids is 5. The van der Waals surface area contributed by atoms with Crippen LogP contribution < -0.4 is 4.74 Å². The number of hydrogen-bond acceptors (Lipinski definition) is 16. The molecule has 0 bridgehead atoms. The number of phenols is 2. The number of aliphatic hydroxyl groups is 1.